The molecular weight excluding hydrogens is 309 g/mol. The van der Waals surface area contributed by atoms with Crippen molar-refractivity contribution < 1.29 is 13.9 Å². The Balaban J connectivity index is 1.56. The molecule has 0 bridgehead atoms. The number of benzene rings is 1. The largest absolute Gasteiger partial charge is 0.489 e. The molecule has 0 radical (unpaired) electrons. The predicted octanol–water partition coefficient (Wildman–Crippen LogP) is 3.28. The number of aryl methyl sites for hydroxylation is 2. The first kappa shape index (κ1) is 16.4. The molecule has 1 aliphatic rings. The lowest BCUT2D eigenvalue weighted by atomic mass is 10.1. The molecule has 1 heterocycles. The first-order chi connectivity index (χ1) is 11.4. The molecule has 3 rings (SSSR count). The Morgan fingerprint density at radius 2 is 2.08 bits per heavy atom. The van der Waals surface area contributed by atoms with E-state index in [1.807, 2.05) is 20.8 Å². The number of rotatable bonds is 5. The summed E-state index contributed by atoms with van der Waals surface area (Å²) in [5.74, 6) is 0.840. The average Bonchev–Trinajstić information content (AvgIpc) is 3.21. The van der Waals surface area contributed by atoms with Gasteiger partial charge in [-0.2, -0.15) is 0 Å². The zero-order valence-corrected chi connectivity index (χ0v) is 14.0. The van der Waals surface area contributed by atoms with Crippen molar-refractivity contribution >= 4 is 11.6 Å². The number of nitrogens with zero attached hydrogens (tertiary/aromatic N) is 2. The van der Waals surface area contributed by atoms with Crippen LogP contribution in [0.15, 0.2) is 30.5 Å². The van der Waals surface area contributed by atoms with Gasteiger partial charge < -0.3 is 10.1 Å². The summed E-state index contributed by atoms with van der Waals surface area (Å²) >= 11 is 0. The summed E-state index contributed by atoms with van der Waals surface area (Å²) in [6.07, 6.45) is 2.42. The van der Waals surface area contributed by atoms with Gasteiger partial charge in [-0.05, 0) is 44.5 Å². The van der Waals surface area contributed by atoms with E-state index in [4.69, 9.17) is 4.74 Å². The second-order valence-electron chi connectivity index (χ2n) is 6.56. The highest BCUT2D eigenvalue weighted by molar-refractivity contribution is 5.95. The van der Waals surface area contributed by atoms with Gasteiger partial charge in [-0.1, -0.05) is 6.92 Å². The van der Waals surface area contributed by atoms with Crippen LogP contribution in [0.4, 0.5) is 10.1 Å². The van der Waals surface area contributed by atoms with Crippen LogP contribution in [0.2, 0.25) is 0 Å². The van der Waals surface area contributed by atoms with Crippen LogP contribution >= 0.6 is 0 Å². The molecule has 2 aromatic rings. The Morgan fingerprint density at radius 3 is 2.75 bits per heavy atom. The molecule has 126 valence electrons. The molecule has 1 N–H and O–H groups in total. The van der Waals surface area contributed by atoms with E-state index in [1.165, 1.54) is 12.1 Å². The molecule has 0 spiro atoms. The minimum absolute atomic E-state index is 0.0652. The second-order valence-corrected chi connectivity index (χ2v) is 6.56. The van der Waals surface area contributed by atoms with Gasteiger partial charge in [0.1, 0.15) is 11.6 Å². The molecule has 0 unspecified atom stereocenters. The molecule has 1 saturated carbocycles. The number of carbonyl (C=O) groups excluding carboxylic acids is 1. The summed E-state index contributed by atoms with van der Waals surface area (Å²) in [7, 11) is 0. The normalized spacial score (nSPS) is 22.1. The number of hydrogen-bond acceptors (Lipinski definition) is 4. The van der Waals surface area contributed by atoms with E-state index in [2.05, 4.69) is 15.3 Å². The van der Waals surface area contributed by atoms with E-state index in [1.54, 1.807) is 18.3 Å². The van der Waals surface area contributed by atoms with Crippen LogP contribution < -0.4 is 10.1 Å². The first-order valence-electron chi connectivity index (χ1n) is 7.87. The van der Waals surface area contributed by atoms with E-state index in [9.17, 15) is 9.18 Å². The topological polar surface area (TPSA) is 64.1 Å². The highest BCUT2D eigenvalue weighted by atomic mass is 19.1. The van der Waals surface area contributed by atoms with E-state index in [0.717, 1.165) is 12.1 Å². The Bertz CT molecular complexity index is 763. The Labute approximate surface area is 140 Å². The summed E-state index contributed by atoms with van der Waals surface area (Å²) in [4.78, 5) is 20.7. The number of carbonyl (C=O) groups is 1. The number of hydrogen-bond donors (Lipinski definition) is 1. The molecule has 1 fully saturated rings. The lowest BCUT2D eigenvalue weighted by Gasteiger charge is -2.14. The van der Waals surface area contributed by atoms with Crippen molar-refractivity contribution in [1.29, 1.82) is 0 Å². The third kappa shape index (κ3) is 3.53. The fourth-order valence-corrected chi connectivity index (χ4v) is 2.70. The van der Waals surface area contributed by atoms with Crippen molar-refractivity contribution in [1.82, 2.24) is 9.97 Å². The van der Waals surface area contributed by atoms with Crippen molar-refractivity contribution in [2.75, 3.05) is 11.9 Å². The zero-order valence-electron chi connectivity index (χ0n) is 14.0. The van der Waals surface area contributed by atoms with Crippen molar-refractivity contribution in [3.8, 4) is 5.75 Å². The fraction of sp³-hybridized carbons (Fsp3) is 0.389. The molecule has 1 aromatic carbocycles. The number of amides is 1. The quantitative estimate of drug-likeness (QED) is 0.914. The first-order valence-corrected chi connectivity index (χ1v) is 7.87. The standard InChI is InChI=1S/C18H20FN3O2/c1-11-16(9-20-12(2)21-11)24-10-18(3)8-15(18)17(23)22-14-6-4-13(19)5-7-14/h4-7,9,15H,8,10H2,1-3H3,(H,22,23)/t15-,18+/m0/s1. The number of halogens is 1. The van der Waals surface area contributed by atoms with Gasteiger partial charge in [0.2, 0.25) is 5.91 Å². The van der Waals surface area contributed by atoms with Crippen molar-refractivity contribution in [3.63, 3.8) is 0 Å². The maximum atomic E-state index is 12.9. The molecule has 0 aliphatic heterocycles. The Morgan fingerprint density at radius 1 is 1.38 bits per heavy atom. The third-order valence-electron chi connectivity index (χ3n) is 4.39. The molecule has 2 atom stereocenters. The molecule has 0 saturated heterocycles. The molecule has 5 nitrogen and oxygen atoms in total. The second kappa shape index (κ2) is 6.19. The van der Waals surface area contributed by atoms with E-state index in [0.29, 0.717) is 23.9 Å². The van der Waals surface area contributed by atoms with Crippen molar-refractivity contribution in [3.05, 3.63) is 47.8 Å². The summed E-state index contributed by atoms with van der Waals surface area (Å²) in [6, 6.07) is 5.75. The number of aromatic nitrogens is 2. The lowest BCUT2D eigenvalue weighted by molar-refractivity contribution is -0.118. The molecular formula is C18H20FN3O2. The van der Waals surface area contributed by atoms with Gasteiger partial charge in [-0.15, -0.1) is 0 Å². The molecule has 6 heteroatoms. The minimum atomic E-state index is -0.326. The Hall–Kier alpha value is -2.50. The third-order valence-corrected chi connectivity index (χ3v) is 4.39. The monoisotopic (exact) mass is 329 g/mol. The predicted molar refractivity (Wildman–Crippen MR) is 88.2 cm³/mol. The maximum Gasteiger partial charge on any atom is 0.228 e. The molecule has 1 aromatic heterocycles. The average molecular weight is 329 g/mol. The van der Waals surface area contributed by atoms with Gasteiger partial charge >= 0.3 is 0 Å². The van der Waals surface area contributed by atoms with Gasteiger partial charge in [0, 0.05) is 17.0 Å². The van der Waals surface area contributed by atoms with Gasteiger partial charge in [-0.25, -0.2) is 14.4 Å². The van der Waals surface area contributed by atoms with Crippen molar-refractivity contribution in [2.24, 2.45) is 11.3 Å². The van der Waals surface area contributed by atoms with Crippen LogP contribution in [0.1, 0.15) is 24.9 Å². The van der Waals surface area contributed by atoms with E-state index < -0.39 is 0 Å². The van der Waals surface area contributed by atoms with Crippen LogP contribution in [0.5, 0.6) is 5.75 Å². The SMILES string of the molecule is Cc1ncc(OC[C@@]2(C)C[C@H]2C(=O)Nc2ccc(F)cc2)c(C)n1. The van der Waals surface area contributed by atoms with E-state index >= 15 is 0 Å². The molecule has 24 heavy (non-hydrogen) atoms. The highest BCUT2D eigenvalue weighted by Crippen LogP contribution is 2.52. The highest BCUT2D eigenvalue weighted by Gasteiger charge is 2.55. The van der Waals surface area contributed by atoms with E-state index in [-0.39, 0.29) is 23.1 Å². The molecule has 1 aliphatic carbocycles. The maximum absolute atomic E-state index is 12.9. The number of anilines is 1. The summed E-state index contributed by atoms with van der Waals surface area (Å²) in [5.41, 5.74) is 1.18. The van der Waals surface area contributed by atoms with Crippen LogP contribution in [0.25, 0.3) is 0 Å². The van der Waals surface area contributed by atoms with Gasteiger partial charge in [-0.3, -0.25) is 4.79 Å². The zero-order chi connectivity index (χ0) is 17.3. The minimum Gasteiger partial charge on any atom is -0.489 e. The number of nitrogens with one attached hydrogen (secondary N) is 1. The number of ether oxygens (including phenoxy) is 1. The van der Waals surface area contributed by atoms with Crippen molar-refractivity contribution in [2.45, 2.75) is 27.2 Å². The fourth-order valence-electron chi connectivity index (χ4n) is 2.70. The van der Waals surface area contributed by atoms with Gasteiger partial charge in [0.05, 0.1) is 18.5 Å². The summed E-state index contributed by atoms with van der Waals surface area (Å²) in [5, 5.41) is 2.82. The van der Waals surface area contributed by atoms with Crippen LogP contribution in [-0.4, -0.2) is 22.5 Å². The molecule has 1 amide bonds. The summed E-state index contributed by atoms with van der Waals surface area (Å²) in [6.45, 7) is 6.15. The van der Waals surface area contributed by atoms with Gasteiger partial charge in [0.15, 0.2) is 5.75 Å². The van der Waals surface area contributed by atoms with Gasteiger partial charge in [0.25, 0.3) is 0 Å². The smallest absolute Gasteiger partial charge is 0.228 e. The van der Waals surface area contributed by atoms with Crippen LogP contribution in [0, 0.1) is 31.0 Å². The lowest BCUT2D eigenvalue weighted by Crippen LogP contribution is -2.21. The van der Waals surface area contributed by atoms with Crippen LogP contribution in [-0.2, 0) is 4.79 Å². The summed E-state index contributed by atoms with van der Waals surface area (Å²) < 4.78 is 18.7. The van der Waals surface area contributed by atoms with Crippen LogP contribution in [0.3, 0.4) is 0 Å². The Kier molecular flexibility index (Phi) is 4.22.